The lowest BCUT2D eigenvalue weighted by atomic mass is 9.86. The van der Waals surface area contributed by atoms with E-state index in [9.17, 15) is 19.2 Å². The summed E-state index contributed by atoms with van der Waals surface area (Å²) in [4.78, 5) is 59.5. The maximum absolute atomic E-state index is 14.5. The topological polar surface area (TPSA) is 114 Å². The molecule has 2 fully saturated rings. The Hall–Kier alpha value is -5.48. The second-order valence-corrected chi connectivity index (χ2v) is 10.9. The zero-order valence-electron chi connectivity index (χ0n) is 25.4. The number of carbonyl (C=O) groups excluding carboxylic acids is 4. The van der Waals surface area contributed by atoms with Crippen molar-refractivity contribution in [2.24, 2.45) is 0 Å². The van der Waals surface area contributed by atoms with Gasteiger partial charge in [0.25, 0.3) is 0 Å². The van der Waals surface area contributed by atoms with E-state index in [2.05, 4.69) is 5.32 Å². The summed E-state index contributed by atoms with van der Waals surface area (Å²) in [6.07, 6.45) is 0. The average molecular weight is 620 g/mol. The molecule has 2 aliphatic rings. The summed E-state index contributed by atoms with van der Waals surface area (Å²) in [5.74, 6) is -1.91. The molecule has 0 saturated carbocycles. The molecule has 2 amide bonds. The zero-order chi connectivity index (χ0) is 32.3. The van der Waals surface area contributed by atoms with Gasteiger partial charge in [-0.05, 0) is 42.3 Å². The highest BCUT2D eigenvalue weighted by atomic mass is 16.5. The summed E-state index contributed by atoms with van der Waals surface area (Å²) in [6.45, 7) is 1.66. The van der Waals surface area contributed by atoms with Gasteiger partial charge in [0.15, 0.2) is 6.04 Å². The van der Waals surface area contributed by atoms with Crippen LogP contribution in [0.2, 0.25) is 0 Å². The molecule has 4 atom stereocenters. The molecule has 2 heterocycles. The number of hydrogen-bond donors (Lipinski definition) is 1. The first-order valence-electron chi connectivity index (χ1n) is 15.0. The van der Waals surface area contributed by atoms with Crippen LogP contribution < -0.4 is 15.0 Å². The minimum absolute atomic E-state index is 0.0644. The van der Waals surface area contributed by atoms with Gasteiger partial charge in [-0.3, -0.25) is 14.5 Å². The standard InChI is InChI=1S/C36H33N3O7/c1-3-45-34(42)31-30(33(41)38(31)27-19-21-28(44-2)22-20-27)39-29(25-15-9-5-10-16-25)32(40)37-36(39,26-17-11-6-12-18-26)35(43)46-23-24-13-7-4-8-14-24/h4-22,29-31H,3,23H2,1-2H3,(H,37,40). The Kier molecular flexibility index (Phi) is 8.54. The van der Waals surface area contributed by atoms with Crippen LogP contribution in [0.3, 0.4) is 0 Å². The van der Waals surface area contributed by atoms with Crippen LogP contribution in [0.4, 0.5) is 5.69 Å². The molecule has 0 aliphatic carbocycles. The van der Waals surface area contributed by atoms with Crippen molar-refractivity contribution < 1.29 is 33.4 Å². The molecule has 4 aromatic rings. The molecule has 10 nitrogen and oxygen atoms in total. The summed E-state index contributed by atoms with van der Waals surface area (Å²) in [5, 5.41) is 2.92. The van der Waals surface area contributed by atoms with Crippen molar-refractivity contribution in [2.45, 2.75) is 37.3 Å². The molecule has 234 valence electrons. The van der Waals surface area contributed by atoms with Crippen LogP contribution >= 0.6 is 0 Å². The molecular weight excluding hydrogens is 586 g/mol. The van der Waals surface area contributed by atoms with Crippen LogP contribution in [-0.2, 0) is 40.9 Å². The number of benzene rings is 4. The number of rotatable bonds is 10. The molecule has 0 radical (unpaired) electrons. The van der Waals surface area contributed by atoms with Crippen molar-refractivity contribution in [1.82, 2.24) is 10.2 Å². The molecule has 4 unspecified atom stereocenters. The Labute approximate surface area is 266 Å². The van der Waals surface area contributed by atoms with E-state index in [0.717, 1.165) is 5.56 Å². The molecular formula is C36H33N3O7. The minimum Gasteiger partial charge on any atom is -0.497 e. The number of hydrogen-bond acceptors (Lipinski definition) is 8. The van der Waals surface area contributed by atoms with E-state index < -0.39 is 47.5 Å². The van der Waals surface area contributed by atoms with E-state index in [0.29, 0.717) is 22.6 Å². The quantitative estimate of drug-likeness (QED) is 0.209. The molecule has 46 heavy (non-hydrogen) atoms. The molecule has 2 saturated heterocycles. The summed E-state index contributed by atoms with van der Waals surface area (Å²) < 4.78 is 16.7. The Morgan fingerprint density at radius 2 is 1.41 bits per heavy atom. The number of methoxy groups -OCH3 is 1. The van der Waals surface area contributed by atoms with E-state index in [1.54, 1.807) is 91.9 Å². The van der Waals surface area contributed by atoms with Crippen LogP contribution in [0.15, 0.2) is 115 Å². The Morgan fingerprint density at radius 1 is 0.804 bits per heavy atom. The number of nitrogens with zero attached hydrogens (tertiary/aromatic N) is 2. The maximum Gasteiger partial charge on any atom is 0.352 e. The van der Waals surface area contributed by atoms with Crippen LogP contribution in [0.1, 0.15) is 29.7 Å². The minimum atomic E-state index is -1.97. The summed E-state index contributed by atoms with van der Waals surface area (Å²) in [5.41, 5.74) is 0.117. The van der Waals surface area contributed by atoms with E-state index in [1.165, 1.54) is 16.9 Å². The fourth-order valence-corrected chi connectivity index (χ4v) is 6.19. The lowest BCUT2D eigenvalue weighted by molar-refractivity contribution is -0.172. The predicted octanol–water partition coefficient (Wildman–Crippen LogP) is 4.11. The summed E-state index contributed by atoms with van der Waals surface area (Å²) in [7, 11) is 1.53. The Morgan fingerprint density at radius 3 is 2.02 bits per heavy atom. The van der Waals surface area contributed by atoms with Crippen molar-refractivity contribution in [3.63, 3.8) is 0 Å². The summed E-state index contributed by atoms with van der Waals surface area (Å²) in [6, 6.07) is 29.7. The van der Waals surface area contributed by atoms with Gasteiger partial charge in [-0.1, -0.05) is 91.0 Å². The second-order valence-electron chi connectivity index (χ2n) is 10.9. The second kappa shape index (κ2) is 12.9. The number of ether oxygens (including phenoxy) is 3. The van der Waals surface area contributed by atoms with E-state index in [4.69, 9.17) is 14.2 Å². The number of esters is 2. The molecule has 2 aliphatic heterocycles. The Balaban J connectivity index is 1.51. The van der Waals surface area contributed by atoms with Gasteiger partial charge in [-0.15, -0.1) is 0 Å². The zero-order valence-corrected chi connectivity index (χ0v) is 25.4. The molecule has 1 N–H and O–H groups in total. The van der Waals surface area contributed by atoms with Crippen molar-refractivity contribution in [1.29, 1.82) is 0 Å². The lowest BCUT2D eigenvalue weighted by Crippen LogP contribution is -2.77. The molecule has 10 heteroatoms. The maximum atomic E-state index is 14.5. The van der Waals surface area contributed by atoms with Crippen molar-refractivity contribution in [2.75, 3.05) is 18.6 Å². The first kappa shape index (κ1) is 30.5. The number of nitrogens with one attached hydrogen (secondary N) is 1. The largest absolute Gasteiger partial charge is 0.497 e. The first-order chi connectivity index (χ1) is 22.4. The van der Waals surface area contributed by atoms with Crippen LogP contribution in [-0.4, -0.2) is 54.5 Å². The van der Waals surface area contributed by atoms with Gasteiger partial charge in [-0.2, -0.15) is 0 Å². The molecule has 0 bridgehead atoms. The highest BCUT2D eigenvalue weighted by Crippen LogP contribution is 2.47. The van der Waals surface area contributed by atoms with Gasteiger partial charge in [0.2, 0.25) is 17.5 Å². The molecule has 6 rings (SSSR count). The van der Waals surface area contributed by atoms with Gasteiger partial charge in [0.05, 0.1) is 13.7 Å². The normalized spacial score (nSPS) is 22.5. The average Bonchev–Trinajstić information content (AvgIpc) is 3.40. The fourth-order valence-electron chi connectivity index (χ4n) is 6.19. The predicted molar refractivity (Wildman–Crippen MR) is 168 cm³/mol. The van der Waals surface area contributed by atoms with Gasteiger partial charge >= 0.3 is 11.9 Å². The Bertz CT molecular complexity index is 1720. The third-order valence-electron chi connectivity index (χ3n) is 8.28. The van der Waals surface area contributed by atoms with Crippen molar-refractivity contribution >= 4 is 29.4 Å². The monoisotopic (exact) mass is 619 g/mol. The molecule has 4 aromatic carbocycles. The number of amides is 2. The van der Waals surface area contributed by atoms with Crippen molar-refractivity contribution in [3.8, 4) is 5.75 Å². The number of β-lactam (4-membered cyclic amide) rings is 1. The van der Waals surface area contributed by atoms with Crippen LogP contribution in [0, 0.1) is 0 Å². The lowest BCUT2D eigenvalue weighted by Gasteiger charge is -2.53. The van der Waals surface area contributed by atoms with Gasteiger partial charge in [-0.25, -0.2) is 14.5 Å². The highest BCUT2D eigenvalue weighted by Gasteiger charge is 2.68. The third kappa shape index (κ3) is 5.26. The van der Waals surface area contributed by atoms with Gasteiger partial charge < -0.3 is 19.5 Å². The molecule has 0 spiro atoms. The molecule has 0 aromatic heterocycles. The van der Waals surface area contributed by atoms with E-state index in [-0.39, 0.29) is 13.2 Å². The van der Waals surface area contributed by atoms with Crippen molar-refractivity contribution in [3.05, 3.63) is 132 Å². The third-order valence-corrected chi connectivity index (χ3v) is 8.28. The van der Waals surface area contributed by atoms with E-state index in [1.807, 2.05) is 30.3 Å². The fraction of sp³-hybridized carbons (Fsp3) is 0.222. The van der Waals surface area contributed by atoms with Gasteiger partial charge in [0.1, 0.15) is 24.4 Å². The van der Waals surface area contributed by atoms with E-state index >= 15 is 0 Å². The van der Waals surface area contributed by atoms with Crippen LogP contribution in [0.25, 0.3) is 0 Å². The summed E-state index contributed by atoms with van der Waals surface area (Å²) >= 11 is 0. The smallest absolute Gasteiger partial charge is 0.352 e. The van der Waals surface area contributed by atoms with Crippen LogP contribution in [0.5, 0.6) is 5.75 Å². The number of anilines is 1. The SMILES string of the molecule is CCOC(=O)C1C(N2C(c3ccccc3)C(=O)NC2(C(=O)OCc2ccccc2)c2ccccc2)C(=O)N1c1ccc(OC)cc1. The first-order valence-corrected chi connectivity index (χ1v) is 15.0. The van der Waals surface area contributed by atoms with Gasteiger partial charge in [0, 0.05) is 11.3 Å². The number of carbonyl (C=O) groups is 4. The highest BCUT2D eigenvalue weighted by molar-refractivity contribution is 6.14.